The Morgan fingerprint density at radius 3 is 2.42 bits per heavy atom. The first-order valence-electron chi connectivity index (χ1n) is 5.96. The van der Waals surface area contributed by atoms with Crippen molar-refractivity contribution in [2.24, 2.45) is 0 Å². The first-order valence-corrected chi connectivity index (χ1v) is 5.96. The highest BCUT2D eigenvalue weighted by atomic mass is 16.5. The molecule has 94 valence electrons. The maximum absolute atomic E-state index is 11.5. The van der Waals surface area contributed by atoms with Gasteiger partial charge in [-0.1, -0.05) is 30.3 Å². The van der Waals surface area contributed by atoms with E-state index in [2.05, 4.69) is 0 Å². The summed E-state index contributed by atoms with van der Waals surface area (Å²) in [6.45, 7) is 0. The molecule has 0 bridgehead atoms. The van der Waals surface area contributed by atoms with Crippen molar-refractivity contribution in [2.45, 2.75) is 0 Å². The summed E-state index contributed by atoms with van der Waals surface area (Å²) < 4.78 is 10.7. The Kier molecular flexibility index (Phi) is 2.80. The van der Waals surface area contributed by atoms with Gasteiger partial charge in [-0.3, -0.25) is 0 Å². The average Bonchev–Trinajstić information content (AvgIpc) is 2.46. The van der Waals surface area contributed by atoms with Gasteiger partial charge >= 0.3 is 5.63 Å². The van der Waals surface area contributed by atoms with Gasteiger partial charge in [-0.25, -0.2) is 4.79 Å². The average molecular weight is 252 g/mol. The lowest BCUT2D eigenvalue weighted by Gasteiger charge is -2.10. The van der Waals surface area contributed by atoms with E-state index in [1.165, 1.54) is 6.07 Å². The Bertz CT molecular complexity index is 773. The zero-order valence-electron chi connectivity index (χ0n) is 10.4. The Morgan fingerprint density at radius 2 is 1.68 bits per heavy atom. The Hall–Kier alpha value is -2.55. The van der Waals surface area contributed by atoms with Crippen LogP contribution >= 0.6 is 0 Å². The van der Waals surface area contributed by atoms with Crippen LogP contribution in [0.4, 0.5) is 0 Å². The number of ether oxygens (including phenoxy) is 1. The Labute approximate surface area is 110 Å². The van der Waals surface area contributed by atoms with Gasteiger partial charge in [-0.15, -0.1) is 0 Å². The lowest BCUT2D eigenvalue weighted by molar-refractivity contribution is 0.416. The Morgan fingerprint density at radius 1 is 0.947 bits per heavy atom. The summed E-state index contributed by atoms with van der Waals surface area (Å²) in [5, 5.41) is 0.874. The molecule has 19 heavy (non-hydrogen) atoms. The van der Waals surface area contributed by atoms with Crippen molar-refractivity contribution < 1.29 is 9.15 Å². The monoisotopic (exact) mass is 252 g/mol. The fraction of sp³-hybridized carbons (Fsp3) is 0.0625. The second-order valence-corrected chi connectivity index (χ2v) is 4.18. The van der Waals surface area contributed by atoms with Crippen molar-refractivity contribution in [1.82, 2.24) is 0 Å². The minimum absolute atomic E-state index is 0.363. The maximum atomic E-state index is 11.5. The zero-order valence-corrected chi connectivity index (χ0v) is 10.4. The molecule has 3 nitrogen and oxygen atoms in total. The molecule has 0 spiro atoms. The van der Waals surface area contributed by atoms with Crippen molar-refractivity contribution in [3.05, 3.63) is 65.0 Å². The molecule has 2 aromatic carbocycles. The van der Waals surface area contributed by atoms with Crippen molar-refractivity contribution in [1.29, 1.82) is 0 Å². The van der Waals surface area contributed by atoms with E-state index in [0.29, 0.717) is 11.3 Å². The van der Waals surface area contributed by atoms with Gasteiger partial charge in [-0.2, -0.15) is 0 Å². The number of hydrogen-bond acceptors (Lipinski definition) is 3. The number of hydrogen-bond donors (Lipinski definition) is 0. The summed E-state index contributed by atoms with van der Waals surface area (Å²) in [5.41, 5.74) is 1.95. The van der Waals surface area contributed by atoms with Crippen molar-refractivity contribution in [3.63, 3.8) is 0 Å². The predicted molar refractivity (Wildman–Crippen MR) is 74.5 cm³/mol. The van der Waals surface area contributed by atoms with Crippen LogP contribution in [0.5, 0.6) is 5.75 Å². The van der Waals surface area contributed by atoms with E-state index in [1.54, 1.807) is 13.2 Å². The molecular weight excluding hydrogens is 240 g/mol. The van der Waals surface area contributed by atoms with Crippen LogP contribution in [0.15, 0.2) is 63.8 Å². The minimum Gasteiger partial charge on any atom is -0.496 e. The fourth-order valence-corrected chi connectivity index (χ4v) is 2.16. The van der Waals surface area contributed by atoms with Crippen molar-refractivity contribution in [3.8, 4) is 16.9 Å². The van der Waals surface area contributed by atoms with E-state index in [-0.39, 0.29) is 5.63 Å². The Balaban J connectivity index is 2.43. The van der Waals surface area contributed by atoms with E-state index >= 15 is 0 Å². The normalized spacial score (nSPS) is 10.6. The lowest BCUT2D eigenvalue weighted by atomic mass is 10.0. The molecule has 0 saturated heterocycles. The molecule has 1 heterocycles. The third-order valence-corrected chi connectivity index (χ3v) is 3.03. The van der Waals surface area contributed by atoms with E-state index in [4.69, 9.17) is 9.15 Å². The predicted octanol–water partition coefficient (Wildman–Crippen LogP) is 3.47. The summed E-state index contributed by atoms with van der Waals surface area (Å²) in [4.78, 5) is 11.5. The van der Waals surface area contributed by atoms with Gasteiger partial charge < -0.3 is 9.15 Å². The third kappa shape index (κ3) is 1.99. The molecule has 3 heteroatoms. The van der Waals surface area contributed by atoms with Gasteiger partial charge in [-0.05, 0) is 23.8 Å². The van der Waals surface area contributed by atoms with Crippen LogP contribution in [0.1, 0.15) is 0 Å². The van der Waals surface area contributed by atoms with Crippen molar-refractivity contribution in [2.75, 3.05) is 7.11 Å². The molecule has 0 aliphatic carbocycles. The molecule has 0 aliphatic heterocycles. The summed E-state index contributed by atoms with van der Waals surface area (Å²) in [6.07, 6.45) is 0. The second-order valence-electron chi connectivity index (χ2n) is 4.18. The molecule has 0 atom stereocenters. The van der Waals surface area contributed by atoms with Gasteiger partial charge in [0.25, 0.3) is 0 Å². The van der Waals surface area contributed by atoms with Gasteiger partial charge in [0.15, 0.2) is 0 Å². The molecular formula is C16H12O3. The van der Waals surface area contributed by atoms with Crippen LogP contribution in [-0.2, 0) is 0 Å². The van der Waals surface area contributed by atoms with Crippen LogP contribution in [0, 0.1) is 0 Å². The van der Waals surface area contributed by atoms with E-state index in [1.807, 2.05) is 42.5 Å². The topological polar surface area (TPSA) is 39.4 Å². The van der Waals surface area contributed by atoms with E-state index < -0.39 is 0 Å². The third-order valence-electron chi connectivity index (χ3n) is 3.03. The van der Waals surface area contributed by atoms with Crippen LogP contribution in [0.3, 0.4) is 0 Å². The molecule has 0 aliphatic rings. The first kappa shape index (κ1) is 11.5. The van der Waals surface area contributed by atoms with Crippen molar-refractivity contribution >= 4 is 11.0 Å². The highest BCUT2D eigenvalue weighted by Crippen LogP contribution is 2.36. The SMILES string of the molecule is COc1ccc2ccc(=O)oc2c1-c1ccccc1. The van der Waals surface area contributed by atoms with Gasteiger partial charge in [0.2, 0.25) is 0 Å². The quantitative estimate of drug-likeness (QED) is 0.655. The number of fused-ring (bicyclic) bond motifs is 1. The largest absolute Gasteiger partial charge is 0.496 e. The first-order chi connectivity index (χ1) is 9.29. The minimum atomic E-state index is -0.363. The van der Waals surface area contributed by atoms with Gasteiger partial charge in [0.1, 0.15) is 11.3 Å². The standard InChI is InChI=1S/C16H12O3/c1-18-13-9-7-12-8-10-14(17)19-16(12)15(13)11-5-3-2-4-6-11/h2-10H,1H3. The van der Waals surface area contributed by atoms with Gasteiger partial charge in [0, 0.05) is 11.5 Å². The van der Waals surface area contributed by atoms with E-state index in [9.17, 15) is 4.79 Å². The van der Waals surface area contributed by atoms with Crippen LogP contribution in [0.25, 0.3) is 22.1 Å². The summed E-state index contributed by atoms with van der Waals surface area (Å²) in [5.74, 6) is 0.688. The molecule has 3 rings (SSSR count). The van der Waals surface area contributed by atoms with E-state index in [0.717, 1.165) is 16.5 Å². The summed E-state index contributed by atoms with van der Waals surface area (Å²) in [7, 11) is 1.61. The number of benzene rings is 2. The highest BCUT2D eigenvalue weighted by molar-refractivity contribution is 5.95. The molecule has 0 unspecified atom stereocenters. The molecule has 0 N–H and O–H groups in total. The van der Waals surface area contributed by atoms with Crippen LogP contribution < -0.4 is 10.4 Å². The fourth-order valence-electron chi connectivity index (χ4n) is 2.16. The molecule has 0 saturated carbocycles. The van der Waals surface area contributed by atoms with Crippen LogP contribution in [-0.4, -0.2) is 7.11 Å². The lowest BCUT2D eigenvalue weighted by Crippen LogP contribution is -1.97. The molecule has 0 radical (unpaired) electrons. The second kappa shape index (κ2) is 4.61. The number of rotatable bonds is 2. The van der Waals surface area contributed by atoms with Crippen LogP contribution in [0.2, 0.25) is 0 Å². The zero-order chi connectivity index (χ0) is 13.2. The molecule has 1 aromatic heterocycles. The highest BCUT2D eigenvalue weighted by Gasteiger charge is 2.12. The molecule has 0 fully saturated rings. The van der Waals surface area contributed by atoms with Gasteiger partial charge in [0.05, 0.1) is 12.7 Å². The summed E-state index contributed by atoms with van der Waals surface area (Å²) >= 11 is 0. The molecule has 0 amide bonds. The smallest absolute Gasteiger partial charge is 0.336 e. The maximum Gasteiger partial charge on any atom is 0.336 e. The summed E-state index contributed by atoms with van der Waals surface area (Å²) in [6, 6.07) is 16.7. The number of methoxy groups -OCH3 is 1. The molecule has 3 aromatic rings.